The number of benzene rings is 1. The van der Waals surface area contributed by atoms with Gasteiger partial charge in [0.25, 0.3) is 0 Å². The summed E-state index contributed by atoms with van der Waals surface area (Å²) in [6.45, 7) is 1.60. The van der Waals surface area contributed by atoms with Gasteiger partial charge in [-0.3, -0.25) is 24.6 Å². The minimum atomic E-state index is -0.654. The van der Waals surface area contributed by atoms with Gasteiger partial charge in [0.15, 0.2) is 0 Å². The summed E-state index contributed by atoms with van der Waals surface area (Å²) in [5, 5.41) is 5.27. The largest absolute Gasteiger partial charge is 0.397 e. The van der Waals surface area contributed by atoms with Gasteiger partial charge in [-0.25, -0.2) is 0 Å². The standard InChI is InChI=1S/C13H15ClN4O3/c1-7(18-5-11(19)17-12(20)6-18)13(21)16-10-4-8(14)2-3-9(10)15/h2-4,7H,5-6,15H2,1H3,(H,16,21)(H,17,19,20). The Kier molecular flexibility index (Phi) is 4.44. The molecule has 0 radical (unpaired) electrons. The van der Waals surface area contributed by atoms with Crippen LogP contribution in [0.5, 0.6) is 0 Å². The van der Waals surface area contributed by atoms with E-state index in [-0.39, 0.29) is 19.0 Å². The molecule has 0 bridgehead atoms. The van der Waals surface area contributed by atoms with Crippen LogP contribution in [0.3, 0.4) is 0 Å². The van der Waals surface area contributed by atoms with Gasteiger partial charge in [0.2, 0.25) is 17.7 Å². The fourth-order valence-electron chi connectivity index (χ4n) is 1.97. The topological polar surface area (TPSA) is 105 Å². The van der Waals surface area contributed by atoms with Gasteiger partial charge in [-0.2, -0.15) is 0 Å². The molecule has 4 N–H and O–H groups in total. The molecule has 21 heavy (non-hydrogen) atoms. The smallest absolute Gasteiger partial charge is 0.241 e. The molecule has 1 aromatic rings. The molecule has 0 spiro atoms. The molecule has 0 saturated carbocycles. The maximum atomic E-state index is 12.2. The Hall–Kier alpha value is -2.12. The van der Waals surface area contributed by atoms with Gasteiger partial charge in [0, 0.05) is 5.02 Å². The second kappa shape index (κ2) is 6.11. The van der Waals surface area contributed by atoms with E-state index >= 15 is 0 Å². The third kappa shape index (κ3) is 3.71. The minimum Gasteiger partial charge on any atom is -0.397 e. The first-order valence-corrected chi connectivity index (χ1v) is 6.67. The van der Waals surface area contributed by atoms with Crippen LogP contribution in [-0.4, -0.2) is 41.8 Å². The Labute approximate surface area is 126 Å². The van der Waals surface area contributed by atoms with E-state index in [2.05, 4.69) is 10.6 Å². The summed E-state index contributed by atoms with van der Waals surface area (Å²) in [6, 6.07) is 4.08. The van der Waals surface area contributed by atoms with Crippen LogP contribution < -0.4 is 16.4 Å². The first-order valence-electron chi connectivity index (χ1n) is 6.29. The lowest BCUT2D eigenvalue weighted by Crippen LogP contribution is -2.56. The third-order valence-electron chi connectivity index (χ3n) is 3.17. The lowest BCUT2D eigenvalue weighted by atomic mass is 10.2. The van der Waals surface area contributed by atoms with Crippen molar-refractivity contribution in [2.24, 2.45) is 0 Å². The van der Waals surface area contributed by atoms with E-state index in [9.17, 15) is 14.4 Å². The summed E-state index contributed by atoms with van der Waals surface area (Å²) in [6.07, 6.45) is 0. The van der Waals surface area contributed by atoms with Gasteiger partial charge >= 0.3 is 0 Å². The van der Waals surface area contributed by atoms with Gasteiger partial charge in [0.05, 0.1) is 30.5 Å². The Morgan fingerprint density at radius 3 is 2.62 bits per heavy atom. The summed E-state index contributed by atoms with van der Waals surface area (Å²) in [5.74, 6) is -1.21. The van der Waals surface area contributed by atoms with Crippen molar-refractivity contribution in [3.05, 3.63) is 23.2 Å². The number of anilines is 2. The van der Waals surface area contributed by atoms with Crippen LogP contribution >= 0.6 is 11.6 Å². The van der Waals surface area contributed by atoms with E-state index < -0.39 is 17.9 Å². The molecule has 1 aromatic carbocycles. The molecule has 1 fully saturated rings. The fourth-order valence-corrected chi connectivity index (χ4v) is 2.15. The number of amides is 3. The molecule has 1 atom stereocenters. The van der Waals surface area contributed by atoms with Crippen molar-refractivity contribution in [2.45, 2.75) is 13.0 Å². The highest BCUT2D eigenvalue weighted by Crippen LogP contribution is 2.23. The van der Waals surface area contributed by atoms with Crippen molar-refractivity contribution in [3.8, 4) is 0 Å². The highest BCUT2D eigenvalue weighted by Gasteiger charge is 2.30. The average molecular weight is 311 g/mol. The Morgan fingerprint density at radius 2 is 2.00 bits per heavy atom. The van der Waals surface area contributed by atoms with Crippen LogP contribution in [-0.2, 0) is 14.4 Å². The van der Waals surface area contributed by atoms with Crippen molar-refractivity contribution < 1.29 is 14.4 Å². The van der Waals surface area contributed by atoms with Crippen LogP contribution in [0.2, 0.25) is 5.02 Å². The quantitative estimate of drug-likeness (QED) is 0.547. The number of hydrogen-bond acceptors (Lipinski definition) is 5. The van der Waals surface area contributed by atoms with Crippen molar-refractivity contribution >= 4 is 40.7 Å². The van der Waals surface area contributed by atoms with Crippen molar-refractivity contribution in [3.63, 3.8) is 0 Å². The monoisotopic (exact) mass is 310 g/mol. The number of carbonyl (C=O) groups excluding carboxylic acids is 3. The van der Waals surface area contributed by atoms with Gasteiger partial charge in [0.1, 0.15) is 0 Å². The van der Waals surface area contributed by atoms with E-state index in [4.69, 9.17) is 17.3 Å². The SMILES string of the molecule is CC(C(=O)Nc1cc(Cl)ccc1N)N1CC(=O)NC(=O)C1. The van der Waals surface area contributed by atoms with Gasteiger partial charge in [-0.15, -0.1) is 0 Å². The number of halogens is 1. The number of nitrogens with one attached hydrogen (secondary N) is 2. The van der Waals surface area contributed by atoms with Crippen LogP contribution in [0.25, 0.3) is 0 Å². The first kappa shape index (κ1) is 15.3. The lowest BCUT2D eigenvalue weighted by Gasteiger charge is -2.30. The molecule has 1 heterocycles. The summed E-state index contributed by atoms with van der Waals surface area (Å²) in [4.78, 5) is 36.3. The lowest BCUT2D eigenvalue weighted by molar-refractivity contribution is -0.138. The fraction of sp³-hybridized carbons (Fsp3) is 0.308. The first-order chi connectivity index (χ1) is 9.86. The van der Waals surface area contributed by atoms with Crippen molar-refractivity contribution in [1.29, 1.82) is 0 Å². The summed E-state index contributed by atoms with van der Waals surface area (Å²) >= 11 is 5.85. The molecule has 1 unspecified atom stereocenters. The Bertz CT molecular complexity index is 589. The molecular weight excluding hydrogens is 296 g/mol. The second-order valence-corrected chi connectivity index (χ2v) is 5.21. The molecule has 8 heteroatoms. The van der Waals surface area contributed by atoms with Gasteiger partial charge in [-0.1, -0.05) is 11.6 Å². The maximum Gasteiger partial charge on any atom is 0.241 e. The highest BCUT2D eigenvalue weighted by molar-refractivity contribution is 6.31. The van der Waals surface area contributed by atoms with Gasteiger partial charge in [-0.05, 0) is 25.1 Å². The summed E-state index contributed by atoms with van der Waals surface area (Å²) in [5.41, 5.74) is 6.53. The van der Waals surface area contributed by atoms with E-state index in [1.54, 1.807) is 19.1 Å². The number of nitrogen functional groups attached to an aromatic ring is 1. The average Bonchev–Trinajstić information content (AvgIpc) is 2.41. The molecule has 3 amide bonds. The Balaban J connectivity index is 2.07. The minimum absolute atomic E-state index is 0.00858. The molecule has 0 aromatic heterocycles. The van der Waals surface area contributed by atoms with Gasteiger partial charge < -0.3 is 11.1 Å². The Morgan fingerprint density at radius 1 is 1.38 bits per heavy atom. The maximum absolute atomic E-state index is 12.2. The summed E-state index contributed by atoms with van der Waals surface area (Å²) < 4.78 is 0. The predicted molar refractivity (Wildman–Crippen MR) is 78.7 cm³/mol. The van der Waals surface area contributed by atoms with E-state index in [1.807, 2.05) is 0 Å². The number of imide groups is 1. The highest BCUT2D eigenvalue weighted by atomic mass is 35.5. The number of carbonyl (C=O) groups is 3. The van der Waals surface area contributed by atoms with E-state index in [0.29, 0.717) is 16.4 Å². The molecule has 1 saturated heterocycles. The van der Waals surface area contributed by atoms with Crippen molar-refractivity contribution in [1.82, 2.24) is 10.2 Å². The number of nitrogens with zero attached hydrogens (tertiary/aromatic N) is 1. The van der Waals surface area contributed by atoms with Crippen LogP contribution in [0.4, 0.5) is 11.4 Å². The number of nitrogens with two attached hydrogens (primary N) is 1. The van der Waals surface area contributed by atoms with Crippen LogP contribution in [0, 0.1) is 0 Å². The summed E-state index contributed by atoms with van der Waals surface area (Å²) in [7, 11) is 0. The molecule has 1 aliphatic rings. The zero-order valence-electron chi connectivity index (χ0n) is 11.4. The molecule has 0 aliphatic carbocycles. The molecule has 1 aliphatic heterocycles. The molecule has 7 nitrogen and oxygen atoms in total. The predicted octanol–water partition coefficient (Wildman–Crippen LogP) is 0.208. The zero-order valence-corrected chi connectivity index (χ0v) is 12.1. The number of rotatable bonds is 3. The molecule has 2 rings (SSSR count). The van der Waals surface area contributed by atoms with E-state index in [0.717, 1.165) is 0 Å². The second-order valence-electron chi connectivity index (χ2n) is 4.77. The zero-order chi connectivity index (χ0) is 15.6. The molecular formula is C13H15ClN4O3. The van der Waals surface area contributed by atoms with E-state index in [1.165, 1.54) is 11.0 Å². The van der Waals surface area contributed by atoms with Crippen LogP contribution in [0.1, 0.15) is 6.92 Å². The molecule has 112 valence electrons. The number of hydrogen-bond donors (Lipinski definition) is 3. The third-order valence-corrected chi connectivity index (χ3v) is 3.41. The number of piperazine rings is 1. The van der Waals surface area contributed by atoms with Crippen molar-refractivity contribution in [2.75, 3.05) is 24.1 Å². The normalized spacial score (nSPS) is 17.2. The van der Waals surface area contributed by atoms with Crippen LogP contribution in [0.15, 0.2) is 18.2 Å².